The van der Waals surface area contributed by atoms with Crippen molar-refractivity contribution < 1.29 is 13.9 Å². The summed E-state index contributed by atoms with van der Waals surface area (Å²) in [6, 6.07) is 1.39. The second-order valence-corrected chi connectivity index (χ2v) is 6.02. The Morgan fingerprint density at radius 2 is 2.12 bits per heavy atom. The summed E-state index contributed by atoms with van der Waals surface area (Å²) in [6.07, 6.45) is 1.21. The third-order valence-electron chi connectivity index (χ3n) is 3.82. The number of hydrogen-bond donors (Lipinski definition) is 1. The van der Waals surface area contributed by atoms with Crippen LogP contribution in [0.1, 0.15) is 38.6 Å². The maximum atomic E-state index is 12.0. The molecule has 1 unspecified atom stereocenters. The van der Waals surface area contributed by atoms with E-state index in [-0.39, 0.29) is 24.1 Å². The standard InChI is InChI=1S/C15H20N6O3/c1-8(2)11-7-23-15(22)21(11)12-5-6-16-14(18-12)17-9(3)13-20-19-10(4)24-13/h5-6,8-9,11H,7H2,1-4H3,(H,16,17,18)/t9-,11?/m0/s1. The van der Waals surface area contributed by atoms with E-state index in [4.69, 9.17) is 9.15 Å². The van der Waals surface area contributed by atoms with E-state index in [1.54, 1.807) is 24.1 Å². The second kappa shape index (κ2) is 6.42. The van der Waals surface area contributed by atoms with Crippen LogP contribution in [0.25, 0.3) is 0 Å². The number of aryl methyl sites for hydroxylation is 1. The predicted molar refractivity (Wildman–Crippen MR) is 85.6 cm³/mol. The van der Waals surface area contributed by atoms with Crippen molar-refractivity contribution in [2.24, 2.45) is 5.92 Å². The Bertz CT molecular complexity index is 732. The molecule has 1 aliphatic heterocycles. The Kier molecular flexibility index (Phi) is 4.32. The summed E-state index contributed by atoms with van der Waals surface area (Å²) in [5.74, 6) is 2.07. The first kappa shape index (κ1) is 16.2. The summed E-state index contributed by atoms with van der Waals surface area (Å²) in [5, 5.41) is 10.9. The van der Waals surface area contributed by atoms with Gasteiger partial charge in [-0.25, -0.2) is 9.78 Å². The molecular formula is C15H20N6O3. The van der Waals surface area contributed by atoms with E-state index in [1.165, 1.54) is 0 Å². The minimum absolute atomic E-state index is 0.0451. The smallest absolute Gasteiger partial charge is 0.415 e. The molecule has 9 heteroatoms. The van der Waals surface area contributed by atoms with Crippen LogP contribution in [0.2, 0.25) is 0 Å². The van der Waals surface area contributed by atoms with Gasteiger partial charge in [0, 0.05) is 13.1 Å². The first-order chi connectivity index (χ1) is 11.5. The van der Waals surface area contributed by atoms with E-state index in [0.717, 1.165) is 0 Å². The molecule has 2 aromatic heterocycles. The number of hydrogen-bond acceptors (Lipinski definition) is 8. The summed E-state index contributed by atoms with van der Waals surface area (Å²) in [5.41, 5.74) is 0. The molecule has 0 saturated carbocycles. The number of nitrogens with one attached hydrogen (secondary N) is 1. The molecule has 1 fully saturated rings. The fraction of sp³-hybridized carbons (Fsp3) is 0.533. The van der Waals surface area contributed by atoms with E-state index in [1.807, 2.05) is 20.8 Å². The molecule has 0 radical (unpaired) electrons. The highest BCUT2D eigenvalue weighted by atomic mass is 16.6. The predicted octanol–water partition coefficient (Wildman–Crippen LogP) is 2.32. The average Bonchev–Trinajstić information content (AvgIpc) is 3.13. The zero-order valence-corrected chi connectivity index (χ0v) is 14.1. The number of cyclic esters (lactones) is 1. The first-order valence-corrected chi connectivity index (χ1v) is 7.81. The number of carbonyl (C=O) groups excluding carboxylic acids is 1. The van der Waals surface area contributed by atoms with E-state index in [9.17, 15) is 4.79 Å². The van der Waals surface area contributed by atoms with Crippen molar-refractivity contribution in [1.82, 2.24) is 20.2 Å². The summed E-state index contributed by atoms with van der Waals surface area (Å²) in [6.45, 7) is 8.04. The number of amides is 1. The number of carbonyl (C=O) groups is 1. The first-order valence-electron chi connectivity index (χ1n) is 7.81. The highest BCUT2D eigenvalue weighted by molar-refractivity contribution is 5.89. The van der Waals surface area contributed by atoms with Crippen LogP contribution < -0.4 is 10.2 Å². The zero-order valence-electron chi connectivity index (χ0n) is 14.1. The minimum Gasteiger partial charge on any atom is -0.447 e. The molecule has 1 saturated heterocycles. The lowest BCUT2D eigenvalue weighted by atomic mass is 10.0. The molecule has 2 aromatic rings. The van der Waals surface area contributed by atoms with Crippen LogP contribution in [-0.4, -0.2) is 38.9 Å². The topological polar surface area (TPSA) is 106 Å². The van der Waals surface area contributed by atoms with E-state index in [2.05, 4.69) is 25.5 Å². The van der Waals surface area contributed by atoms with Gasteiger partial charge in [0.1, 0.15) is 18.5 Å². The molecule has 0 bridgehead atoms. The lowest BCUT2D eigenvalue weighted by Crippen LogP contribution is -2.37. The third kappa shape index (κ3) is 3.15. The van der Waals surface area contributed by atoms with Crippen LogP contribution in [0.3, 0.4) is 0 Å². The normalized spacial score (nSPS) is 18.8. The van der Waals surface area contributed by atoms with Crippen LogP contribution in [-0.2, 0) is 4.74 Å². The number of nitrogens with zero attached hydrogens (tertiary/aromatic N) is 5. The van der Waals surface area contributed by atoms with Gasteiger partial charge in [-0.15, -0.1) is 10.2 Å². The van der Waals surface area contributed by atoms with Crippen molar-refractivity contribution in [1.29, 1.82) is 0 Å². The fourth-order valence-electron chi connectivity index (χ4n) is 2.49. The van der Waals surface area contributed by atoms with Gasteiger partial charge in [0.2, 0.25) is 17.7 Å². The molecule has 0 aromatic carbocycles. The van der Waals surface area contributed by atoms with Gasteiger partial charge in [-0.05, 0) is 18.9 Å². The molecular weight excluding hydrogens is 312 g/mol. The second-order valence-electron chi connectivity index (χ2n) is 6.02. The van der Waals surface area contributed by atoms with Gasteiger partial charge in [-0.1, -0.05) is 13.8 Å². The van der Waals surface area contributed by atoms with Crippen LogP contribution in [0.4, 0.5) is 16.6 Å². The van der Waals surface area contributed by atoms with E-state index < -0.39 is 0 Å². The highest BCUT2D eigenvalue weighted by Crippen LogP contribution is 2.26. The fourth-order valence-corrected chi connectivity index (χ4v) is 2.49. The molecule has 1 aliphatic rings. The van der Waals surface area contributed by atoms with Crippen molar-refractivity contribution in [2.45, 2.75) is 39.8 Å². The van der Waals surface area contributed by atoms with Crippen LogP contribution in [0, 0.1) is 12.8 Å². The number of rotatable bonds is 5. The molecule has 24 heavy (non-hydrogen) atoms. The van der Waals surface area contributed by atoms with Gasteiger partial charge >= 0.3 is 6.09 Å². The van der Waals surface area contributed by atoms with Gasteiger partial charge in [-0.3, -0.25) is 4.90 Å². The maximum Gasteiger partial charge on any atom is 0.415 e. The molecule has 0 aliphatic carbocycles. The van der Waals surface area contributed by atoms with Crippen molar-refractivity contribution in [3.8, 4) is 0 Å². The lowest BCUT2D eigenvalue weighted by Gasteiger charge is -2.23. The summed E-state index contributed by atoms with van der Waals surface area (Å²) >= 11 is 0. The Balaban J connectivity index is 1.80. The van der Waals surface area contributed by atoms with Gasteiger partial charge in [0.15, 0.2) is 0 Å². The Hall–Kier alpha value is -2.71. The van der Waals surface area contributed by atoms with Crippen molar-refractivity contribution in [2.75, 3.05) is 16.8 Å². The van der Waals surface area contributed by atoms with Gasteiger partial charge in [0.05, 0.1) is 6.04 Å². The molecule has 2 atom stereocenters. The molecule has 1 amide bonds. The average molecular weight is 332 g/mol. The van der Waals surface area contributed by atoms with Gasteiger partial charge < -0.3 is 14.5 Å². The largest absolute Gasteiger partial charge is 0.447 e. The SMILES string of the molecule is Cc1nnc([C@H](C)Nc2nccc(N3C(=O)OCC3C(C)C)n2)o1. The highest BCUT2D eigenvalue weighted by Gasteiger charge is 2.37. The monoisotopic (exact) mass is 332 g/mol. The Labute approximate surface area is 139 Å². The summed E-state index contributed by atoms with van der Waals surface area (Å²) in [7, 11) is 0. The van der Waals surface area contributed by atoms with Crippen LogP contribution >= 0.6 is 0 Å². The quantitative estimate of drug-likeness (QED) is 0.889. The van der Waals surface area contributed by atoms with Crippen molar-refractivity contribution in [3.05, 3.63) is 24.0 Å². The van der Waals surface area contributed by atoms with Crippen LogP contribution in [0.15, 0.2) is 16.7 Å². The third-order valence-corrected chi connectivity index (χ3v) is 3.82. The lowest BCUT2D eigenvalue weighted by molar-refractivity contribution is 0.177. The van der Waals surface area contributed by atoms with Gasteiger partial charge in [0.25, 0.3) is 0 Å². The molecule has 3 heterocycles. The molecule has 1 N–H and O–H groups in total. The van der Waals surface area contributed by atoms with E-state index in [0.29, 0.717) is 30.2 Å². The number of anilines is 2. The van der Waals surface area contributed by atoms with E-state index >= 15 is 0 Å². The summed E-state index contributed by atoms with van der Waals surface area (Å²) < 4.78 is 10.5. The number of ether oxygens (including phenoxy) is 1. The molecule has 3 rings (SSSR count). The zero-order chi connectivity index (χ0) is 17.3. The van der Waals surface area contributed by atoms with Crippen molar-refractivity contribution in [3.63, 3.8) is 0 Å². The molecule has 0 spiro atoms. The van der Waals surface area contributed by atoms with Crippen LogP contribution in [0.5, 0.6) is 0 Å². The summed E-state index contributed by atoms with van der Waals surface area (Å²) in [4.78, 5) is 22.2. The van der Waals surface area contributed by atoms with Crippen molar-refractivity contribution >= 4 is 17.9 Å². The Morgan fingerprint density at radius 3 is 2.79 bits per heavy atom. The molecule has 128 valence electrons. The molecule has 9 nitrogen and oxygen atoms in total. The van der Waals surface area contributed by atoms with Gasteiger partial charge in [-0.2, -0.15) is 4.98 Å². The number of aromatic nitrogens is 4. The maximum absolute atomic E-state index is 12.0. The Morgan fingerprint density at radius 1 is 1.33 bits per heavy atom. The minimum atomic E-state index is -0.390.